The Labute approximate surface area is 169 Å². The van der Waals surface area contributed by atoms with E-state index in [1.807, 2.05) is 41.2 Å². The lowest BCUT2D eigenvalue weighted by Gasteiger charge is -2.22. The summed E-state index contributed by atoms with van der Waals surface area (Å²) in [4.78, 5) is 40.1. The summed E-state index contributed by atoms with van der Waals surface area (Å²) < 4.78 is 1.82. The van der Waals surface area contributed by atoms with E-state index in [1.54, 1.807) is 13.2 Å². The average molecular weight is 395 g/mol. The summed E-state index contributed by atoms with van der Waals surface area (Å²) >= 11 is 0. The Morgan fingerprint density at radius 3 is 2.62 bits per heavy atom. The lowest BCUT2D eigenvalue weighted by Crippen LogP contribution is -2.45. The van der Waals surface area contributed by atoms with Gasteiger partial charge in [0.15, 0.2) is 0 Å². The van der Waals surface area contributed by atoms with Gasteiger partial charge in [0.1, 0.15) is 12.1 Å². The molecule has 152 valence electrons. The fraction of sp³-hybridized carbons (Fsp3) is 0.429. The predicted octanol–water partition coefficient (Wildman–Crippen LogP) is 1.75. The standard InChI is InChI=1S/C21H25N5O3/c1-24(12-17-11-22-25(14-17)13-16-7-3-2-4-8-16)18(27)15-26-19(28)21(23-20(26)29)9-5-6-10-21/h2-4,7-8,11,14H,5-6,9-10,12-13,15H2,1H3,(H,23,29). The van der Waals surface area contributed by atoms with Gasteiger partial charge in [-0.25, -0.2) is 4.79 Å². The smallest absolute Gasteiger partial charge is 0.325 e. The van der Waals surface area contributed by atoms with Crippen LogP contribution in [0.15, 0.2) is 42.7 Å². The first-order chi connectivity index (χ1) is 14.0. The number of urea groups is 1. The molecule has 0 bridgehead atoms. The van der Waals surface area contributed by atoms with E-state index in [2.05, 4.69) is 10.4 Å². The molecular formula is C21H25N5O3. The molecule has 1 aliphatic carbocycles. The fourth-order valence-corrected chi connectivity index (χ4v) is 4.10. The maximum absolute atomic E-state index is 12.7. The van der Waals surface area contributed by atoms with Crippen molar-refractivity contribution in [1.29, 1.82) is 0 Å². The first kappa shape index (κ1) is 19.2. The summed E-state index contributed by atoms with van der Waals surface area (Å²) in [6, 6.07) is 9.54. The largest absolute Gasteiger partial charge is 0.340 e. The maximum Gasteiger partial charge on any atom is 0.325 e. The summed E-state index contributed by atoms with van der Waals surface area (Å²) in [5, 5.41) is 7.15. The number of hydrogen-bond acceptors (Lipinski definition) is 4. The average Bonchev–Trinajstić information content (AvgIpc) is 3.40. The molecule has 29 heavy (non-hydrogen) atoms. The Morgan fingerprint density at radius 2 is 1.90 bits per heavy atom. The number of benzene rings is 1. The molecule has 2 fully saturated rings. The number of imide groups is 1. The van der Waals surface area contributed by atoms with Gasteiger partial charge < -0.3 is 10.2 Å². The Balaban J connectivity index is 1.34. The number of rotatable bonds is 6. The minimum absolute atomic E-state index is 0.235. The van der Waals surface area contributed by atoms with E-state index in [9.17, 15) is 14.4 Å². The third-order valence-corrected chi connectivity index (χ3v) is 5.72. The molecule has 0 atom stereocenters. The van der Waals surface area contributed by atoms with Crippen LogP contribution in [0, 0.1) is 0 Å². The van der Waals surface area contributed by atoms with Crippen molar-refractivity contribution in [2.75, 3.05) is 13.6 Å². The van der Waals surface area contributed by atoms with Gasteiger partial charge in [0.05, 0.1) is 12.7 Å². The van der Waals surface area contributed by atoms with E-state index < -0.39 is 11.6 Å². The molecule has 4 rings (SSSR count). The third kappa shape index (κ3) is 3.87. The van der Waals surface area contributed by atoms with Gasteiger partial charge in [-0.3, -0.25) is 19.2 Å². The van der Waals surface area contributed by atoms with E-state index in [-0.39, 0.29) is 18.4 Å². The van der Waals surface area contributed by atoms with Gasteiger partial charge >= 0.3 is 6.03 Å². The molecule has 1 saturated heterocycles. The zero-order valence-electron chi connectivity index (χ0n) is 16.5. The number of carbonyl (C=O) groups excluding carboxylic acids is 3. The van der Waals surface area contributed by atoms with Crippen LogP contribution in [0.5, 0.6) is 0 Å². The minimum atomic E-state index is -0.783. The SMILES string of the molecule is CN(Cc1cnn(Cc2ccccc2)c1)C(=O)CN1C(=O)NC2(CCCC2)C1=O. The Bertz CT molecular complexity index is 917. The highest BCUT2D eigenvalue weighted by atomic mass is 16.2. The highest BCUT2D eigenvalue weighted by Crippen LogP contribution is 2.34. The second kappa shape index (κ2) is 7.69. The van der Waals surface area contributed by atoms with Crippen LogP contribution in [0.2, 0.25) is 0 Å². The van der Waals surface area contributed by atoms with Gasteiger partial charge in [0.25, 0.3) is 5.91 Å². The molecule has 1 N–H and O–H groups in total. The van der Waals surface area contributed by atoms with Crippen LogP contribution in [-0.2, 0) is 22.7 Å². The summed E-state index contributed by atoms with van der Waals surface area (Å²) in [6.07, 6.45) is 6.77. The zero-order chi connectivity index (χ0) is 20.4. The van der Waals surface area contributed by atoms with E-state index in [0.717, 1.165) is 28.9 Å². The number of amides is 4. The first-order valence-electron chi connectivity index (χ1n) is 9.90. The molecule has 0 unspecified atom stereocenters. The van der Waals surface area contributed by atoms with Crippen molar-refractivity contribution in [3.05, 3.63) is 53.9 Å². The second-order valence-corrected chi connectivity index (χ2v) is 7.89. The number of likely N-dealkylation sites (N-methyl/N-ethyl adjacent to an activating group) is 1. The van der Waals surface area contributed by atoms with E-state index >= 15 is 0 Å². The molecule has 4 amide bonds. The van der Waals surface area contributed by atoms with Gasteiger partial charge in [-0.2, -0.15) is 5.10 Å². The summed E-state index contributed by atoms with van der Waals surface area (Å²) in [5.41, 5.74) is 1.25. The Hall–Kier alpha value is -3.16. The Morgan fingerprint density at radius 1 is 1.17 bits per heavy atom. The summed E-state index contributed by atoms with van der Waals surface area (Å²) in [7, 11) is 1.67. The normalized spacial score (nSPS) is 17.8. The first-order valence-corrected chi connectivity index (χ1v) is 9.90. The minimum Gasteiger partial charge on any atom is -0.340 e. The molecule has 2 aromatic rings. The van der Waals surface area contributed by atoms with Crippen molar-refractivity contribution in [1.82, 2.24) is 24.9 Å². The van der Waals surface area contributed by atoms with Crippen molar-refractivity contribution < 1.29 is 14.4 Å². The topological polar surface area (TPSA) is 87.5 Å². The van der Waals surface area contributed by atoms with Crippen molar-refractivity contribution in [3.63, 3.8) is 0 Å². The molecule has 1 aliphatic heterocycles. The number of carbonyl (C=O) groups is 3. The molecule has 8 heteroatoms. The van der Waals surface area contributed by atoms with Crippen LogP contribution in [0.4, 0.5) is 4.79 Å². The van der Waals surface area contributed by atoms with E-state index in [0.29, 0.717) is 25.9 Å². The van der Waals surface area contributed by atoms with Crippen LogP contribution < -0.4 is 5.32 Å². The van der Waals surface area contributed by atoms with Crippen molar-refractivity contribution in [2.45, 2.75) is 44.3 Å². The Kier molecular flexibility index (Phi) is 5.08. The van der Waals surface area contributed by atoms with Gasteiger partial charge in [-0.05, 0) is 18.4 Å². The molecular weight excluding hydrogens is 370 g/mol. The van der Waals surface area contributed by atoms with E-state index in [1.165, 1.54) is 4.90 Å². The van der Waals surface area contributed by atoms with E-state index in [4.69, 9.17) is 0 Å². The van der Waals surface area contributed by atoms with Crippen LogP contribution in [0.3, 0.4) is 0 Å². The van der Waals surface area contributed by atoms with Crippen LogP contribution in [0.1, 0.15) is 36.8 Å². The van der Waals surface area contributed by atoms with Gasteiger partial charge in [-0.1, -0.05) is 43.2 Å². The molecule has 1 spiro atoms. The molecule has 1 aromatic heterocycles. The van der Waals surface area contributed by atoms with Gasteiger partial charge in [0, 0.05) is 25.4 Å². The third-order valence-electron chi connectivity index (χ3n) is 5.72. The molecule has 1 aromatic carbocycles. The van der Waals surface area contributed by atoms with Gasteiger partial charge in [-0.15, -0.1) is 0 Å². The zero-order valence-corrected chi connectivity index (χ0v) is 16.5. The molecule has 0 radical (unpaired) electrons. The highest BCUT2D eigenvalue weighted by molar-refractivity contribution is 6.09. The van der Waals surface area contributed by atoms with Crippen LogP contribution >= 0.6 is 0 Å². The number of nitrogens with one attached hydrogen (secondary N) is 1. The number of nitrogens with zero attached hydrogens (tertiary/aromatic N) is 4. The lowest BCUT2D eigenvalue weighted by molar-refractivity contribution is -0.138. The van der Waals surface area contributed by atoms with Crippen LogP contribution in [0.25, 0.3) is 0 Å². The van der Waals surface area contributed by atoms with Gasteiger partial charge in [0.2, 0.25) is 5.91 Å². The predicted molar refractivity (Wildman–Crippen MR) is 106 cm³/mol. The second-order valence-electron chi connectivity index (χ2n) is 7.89. The number of aromatic nitrogens is 2. The highest BCUT2D eigenvalue weighted by Gasteiger charge is 2.52. The molecule has 1 saturated carbocycles. The number of hydrogen-bond donors (Lipinski definition) is 1. The van der Waals surface area contributed by atoms with Crippen molar-refractivity contribution in [3.8, 4) is 0 Å². The fourth-order valence-electron chi connectivity index (χ4n) is 4.10. The monoisotopic (exact) mass is 395 g/mol. The lowest BCUT2D eigenvalue weighted by atomic mass is 9.98. The van der Waals surface area contributed by atoms with Crippen molar-refractivity contribution in [2.24, 2.45) is 0 Å². The maximum atomic E-state index is 12.7. The van der Waals surface area contributed by atoms with Crippen molar-refractivity contribution >= 4 is 17.8 Å². The molecule has 2 heterocycles. The van der Waals surface area contributed by atoms with Crippen LogP contribution in [-0.4, -0.2) is 56.6 Å². The molecule has 8 nitrogen and oxygen atoms in total. The quantitative estimate of drug-likeness (QED) is 0.755. The summed E-state index contributed by atoms with van der Waals surface area (Å²) in [6.45, 7) is 0.784. The molecule has 2 aliphatic rings. The summed E-state index contributed by atoms with van der Waals surface area (Å²) in [5.74, 6) is -0.545.